The number of carbonyl (C=O) groups is 2. The number of hydrogen-bond acceptors (Lipinski definition) is 3. The van der Waals surface area contributed by atoms with E-state index in [1.54, 1.807) is 25.1 Å². The topological polar surface area (TPSA) is 72.2 Å². The van der Waals surface area contributed by atoms with Crippen LogP contribution in [-0.2, 0) is 9.59 Å². The van der Waals surface area contributed by atoms with E-state index in [2.05, 4.69) is 5.32 Å². The summed E-state index contributed by atoms with van der Waals surface area (Å²) in [5.74, 6) is -1.38. The molecule has 3 N–H and O–H groups in total. The molecule has 4 nitrogen and oxygen atoms in total. The summed E-state index contributed by atoms with van der Waals surface area (Å²) in [7, 11) is 0. The van der Waals surface area contributed by atoms with Crippen molar-refractivity contribution in [2.75, 3.05) is 11.9 Å². The van der Waals surface area contributed by atoms with Crippen LogP contribution < -0.4 is 11.1 Å². The molecule has 0 aromatic heterocycles. The van der Waals surface area contributed by atoms with Gasteiger partial charge in [-0.05, 0) is 24.6 Å². The first-order valence-electron chi connectivity index (χ1n) is 4.35. The maximum atomic E-state index is 11.2. The zero-order chi connectivity index (χ0) is 11.4. The molecule has 15 heavy (non-hydrogen) atoms. The summed E-state index contributed by atoms with van der Waals surface area (Å²) in [6.45, 7) is 1.45. The summed E-state index contributed by atoms with van der Waals surface area (Å²) in [5, 5.41) is 2.98. The lowest BCUT2D eigenvalue weighted by molar-refractivity contribution is -0.133. The van der Waals surface area contributed by atoms with Crippen LogP contribution in [0.4, 0.5) is 5.69 Å². The van der Waals surface area contributed by atoms with E-state index in [4.69, 9.17) is 17.3 Å². The van der Waals surface area contributed by atoms with Gasteiger partial charge in [-0.3, -0.25) is 9.59 Å². The van der Waals surface area contributed by atoms with Crippen molar-refractivity contribution in [3.05, 3.63) is 28.8 Å². The zero-order valence-electron chi connectivity index (χ0n) is 8.21. The number of amides is 1. The molecule has 1 amide bonds. The lowest BCUT2D eigenvalue weighted by Gasteiger charge is -2.07. The van der Waals surface area contributed by atoms with Gasteiger partial charge in [0.15, 0.2) is 0 Å². The highest BCUT2D eigenvalue weighted by atomic mass is 35.5. The average molecular weight is 227 g/mol. The van der Waals surface area contributed by atoms with E-state index in [-0.39, 0.29) is 6.54 Å². The Labute approximate surface area is 92.4 Å². The first kappa shape index (κ1) is 11.7. The quantitative estimate of drug-likeness (QED) is 0.759. The fourth-order valence-corrected chi connectivity index (χ4v) is 1.20. The Bertz CT molecular complexity index is 404. The summed E-state index contributed by atoms with van der Waals surface area (Å²) in [5.41, 5.74) is 6.30. The Kier molecular flexibility index (Phi) is 3.82. The summed E-state index contributed by atoms with van der Waals surface area (Å²) in [6.07, 6.45) is 0. The molecule has 1 aromatic rings. The Morgan fingerprint density at radius 2 is 2.13 bits per heavy atom. The molecule has 0 aliphatic heterocycles. The van der Waals surface area contributed by atoms with Crippen LogP contribution in [0.3, 0.4) is 0 Å². The Morgan fingerprint density at radius 1 is 1.47 bits per heavy atom. The third-order valence-corrected chi connectivity index (χ3v) is 2.36. The van der Waals surface area contributed by atoms with Crippen LogP contribution in [0, 0.1) is 6.92 Å². The molecule has 80 valence electrons. The van der Waals surface area contributed by atoms with E-state index >= 15 is 0 Å². The van der Waals surface area contributed by atoms with Crippen molar-refractivity contribution >= 4 is 29.0 Å². The molecule has 0 unspecified atom stereocenters. The van der Waals surface area contributed by atoms with E-state index in [1.165, 1.54) is 0 Å². The molecule has 0 saturated carbocycles. The number of ketones is 1. The number of nitrogens with one attached hydrogen (secondary N) is 1. The number of hydrogen-bond donors (Lipinski definition) is 2. The molecule has 0 saturated heterocycles. The normalized spacial score (nSPS) is 9.80. The fourth-order valence-electron chi connectivity index (χ4n) is 1.03. The van der Waals surface area contributed by atoms with Crippen molar-refractivity contribution in [2.24, 2.45) is 5.73 Å². The number of rotatable bonds is 3. The van der Waals surface area contributed by atoms with Gasteiger partial charge in [0, 0.05) is 10.7 Å². The molecule has 1 aromatic carbocycles. The minimum atomic E-state index is -0.720. The number of anilines is 1. The minimum Gasteiger partial charge on any atom is -0.324 e. The SMILES string of the molecule is Cc1c(Cl)cccc1NC(=O)C(=O)CN. The summed E-state index contributed by atoms with van der Waals surface area (Å²) in [4.78, 5) is 22.2. The van der Waals surface area contributed by atoms with Crippen molar-refractivity contribution in [2.45, 2.75) is 6.92 Å². The van der Waals surface area contributed by atoms with Crippen molar-refractivity contribution in [3.8, 4) is 0 Å². The van der Waals surface area contributed by atoms with Gasteiger partial charge in [-0.15, -0.1) is 0 Å². The molecule has 0 bridgehead atoms. The monoisotopic (exact) mass is 226 g/mol. The van der Waals surface area contributed by atoms with Gasteiger partial charge in [-0.2, -0.15) is 0 Å². The van der Waals surface area contributed by atoms with Crippen molar-refractivity contribution < 1.29 is 9.59 Å². The van der Waals surface area contributed by atoms with Gasteiger partial charge in [-0.25, -0.2) is 0 Å². The molecule has 0 atom stereocenters. The van der Waals surface area contributed by atoms with Gasteiger partial charge >= 0.3 is 0 Å². The number of benzene rings is 1. The molecular formula is C10H11ClN2O2. The van der Waals surface area contributed by atoms with Crippen LogP contribution in [0.2, 0.25) is 5.02 Å². The summed E-state index contributed by atoms with van der Waals surface area (Å²) in [6, 6.07) is 5.07. The molecule has 0 aliphatic rings. The Balaban J connectivity index is 2.86. The number of carbonyl (C=O) groups excluding carboxylic acids is 2. The highest BCUT2D eigenvalue weighted by Crippen LogP contribution is 2.22. The van der Waals surface area contributed by atoms with Crippen LogP contribution in [0.1, 0.15) is 5.56 Å². The largest absolute Gasteiger partial charge is 0.324 e. The van der Waals surface area contributed by atoms with Gasteiger partial charge in [0.05, 0.1) is 6.54 Å². The van der Waals surface area contributed by atoms with E-state index in [9.17, 15) is 9.59 Å². The maximum absolute atomic E-state index is 11.2. The van der Waals surface area contributed by atoms with Crippen molar-refractivity contribution in [1.82, 2.24) is 0 Å². The van der Waals surface area contributed by atoms with E-state index in [1.807, 2.05) is 0 Å². The summed E-state index contributed by atoms with van der Waals surface area (Å²) < 4.78 is 0. The minimum absolute atomic E-state index is 0.300. The second kappa shape index (κ2) is 4.91. The van der Waals surface area contributed by atoms with Crippen LogP contribution in [-0.4, -0.2) is 18.2 Å². The zero-order valence-corrected chi connectivity index (χ0v) is 8.97. The fraction of sp³-hybridized carbons (Fsp3) is 0.200. The van der Waals surface area contributed by atoms with Gasteiger partial charge < -0.3 is 11.1 Å². The molecule has 0 aliphatic carbocycles. The van der Waals surface area contributed by atoms with Crippen molar-refractivity contribution in [1.29, 1.82) is 0 Å². The standard InChI is InChI=1S/C10H11ClN2O2/c1-6-7(11)3-2-4-8(6)13-10(15)9(14)5-12/h2-4H,5,12H2,1H3,(H,13,15). The lowest BCUT2D eigenvalue weighted by Crippen LogP contribution is -2.29. The smallest absolute Gasteiger partial charge is 0.293 e. The van der Waals surface area contributed by atoms with Gasteiger partial charge in [0.1, 0.15) is 0 Å². The predicted molar refractivity (Wildman–Crippen MR) is 58.9 cm³/mol. The second-order valence-corrected chi connectivity index (χ2v) is 3.40. The molecule has 0 spiro atoms. The molecule has 0 fully saturated rings. The van der Waals surface area contributed by atoms with E-state index < -0.39 is 11.7 Å². The van der Waals surface area contributed by atoms with E-state index in [0.717, 1.165) is 5.56 Å². The summed E-state index contributed by atoms with van der Waals surface area (Å²) >= 11 is 5.85. The Hall–Kier alpha value is -1.39. The lowest BCUT2D eigenvalue weighted by atomic mass is 10.2. The maximum Gasteiger partial charge on any atom is 0.293 e. The molecule has 0 heterocycles. The third kappa shape index (κ3) is 2.78. The average Bonchev–Trinajstić information content (AvgIpc) is 2.23. The highest BCUT2D eigenvalue weighted by molar-refractivity contribution is 6.41. The number of Topliss-reactive ketones (excluding diaryl/α,β-unsaturated/α-hetero) is 1. The van der Waals surface area contributed by atoms with Gasteiger partial charge in [0.2, 0.25) is 5.78 Å². The third-order valence-electron chi connectivity index (χ3n) is 1.95. The molecule has 5 heteroatoms. The predicted octanol–water partition coefficient (Wildman–Crippen LogP) is 1.11. The first-order valence-corrected chi connectivity index (χ1v) is 4.73. The van der Waals surface area contributed by atoms with Crippen LogP contribution in [0.15, 0.2) is 18.2 Å². The van der Waals surface area contributed by atoms with Gasteiger partial charge in [0.25, 0.3) is 5.91 Å². The number of halogens is 1. The number of nitrogens with two attached hydrogens (primary N) is 1. The second-order valence-electron chi connectivity index (χ2n) is 2.99. The highest BCUT2D eigenvalue weighted by Gasteiger charge is 2.12. The van der Waals surface area contributed by atoms with Crippen molar-refractivity contribution in [3.63, 3.8) is 0 Å². The van der Waals surface area contributed by atoms with Gasteiger partial charge in [-0.1, -0.05) is 17.7 Å². The van der Waals surface area contributed by atoms with Crippen LogP contribution in [0.25, 0.3) is 0 Å². The first-order chi connectivity index (χ1) is 7.06. The molecular weight excluding hydrogens is 216 g/mol. The van der Waals surface area contributed by atoms with Crippen LogP contribution >= 0.6 is 11.6 Å². The van der Waals surface area contributed by atoms with Crippen LogP contribution in [0.5, 0.6) is 0 Å². The van der Waals surface area contributed by atoms with E-state index in [0.29, 0.717) is 10.7 Å². The molecule has 0 radical (unpaired) electrons. The molecule has 1 rings (SSSR count). The Morgan fingerprint density at radius 3 is 2.73 bits per heavy atom.